The van der Waals surface area contributed by atoms with Gasteiger partial charge in [-0.05, 0) is 12.1 Å². The summed E-state index contributed by atoms with van der Waals surface area (Å²) >= 11 is 0.885. The van der Waals surface area contributed by atoms with E-state index in [9.17, 15) is 13.2 Å². The molecule has 0 aliphatic heterocycles. The SMILES string of the molecule is COC(=O)c1ccc(-c2cn3nc(S(N)(=O)=O)sc3n2)cc1. The van der Waals surface area contributed by atoms with E-state index >= 15 is 0 Å². The zero-order chi connectivity index (χ0) is 15.9. The molecule has 2 heterocycles. The molecule has 0 saturated carbocycles. The molecule has 0 aliphatic carbocycles. The van der Waals surface area contributed by atoms with Gasteiger partial charge < -0.3 is 4.74 Å². The Morgan fingerprint density at radius 1 is 1.32 bits per heavy atom. The van der Waals surface area contributed by atoms with Gasteiger partial charge in [-0.3, -0.25) is 0 Å². The monoisotopic (exact) mass is 338 g/mol. The first-order chi connectivity index (χ1) is 10.4. The number of ether oxygens (including phenoxy) is 1. The summed E-state index contributed by atoms with van der Waals surface area (Å²) in [5.41, 5.74) is 1.81. The van der Waals surface area contributed by atoms with Crippen LogP contribution in [0.1, 0.15) is 10.4 Å². The molecule has 0 saturated heterocycles. The number of nitrogens with two attached hydrogens (primary N) is 1. The summed E-state index contributed by atoms with van der Waals surface area (Å²) < 4.78 is 28.2. The summed E-state index contributed by atoms with van der Waals surface area (Å²) in [5.74, 6) is -0.420. The molecular weight excluding hydrogens is 328 g/mol. The lowest BCUT2D eigenvalue weighted by molar-refractivity contribution is 0.0600. The van der Waals surface area contributed by atoms with Crippen LogP contribution in [0.25, 0.3) is 16.2 Å². The Labute approximate surface area is 129 Å². The summed E-state index contributed by atoms with van der Waals surface area (Å²) in [6, 6.07) is 6.69. The molecule has 10 heteroatoms. The molecular formula is C12H10N4O4S2. The van der Waals surface area contributed by atoms with Crippen molar-refractivity contribution in [1.29, 1.82) is 0 Å². The van der Waals surface area contributed by atoms with Crippen LogP contribution in [-0.4, -0.2) is 36.1 Å². The molecule has 8 nitrogen and oxygen atoms in total. The van der Waals surface area contributed by atoms with Gasteiger partial charge >= 0.3 is 5.97 Å². The Bertz CT molecular complexity index is 925. The van der Waals surface area contributed by atoms with Crippen molar-refractivity contribution in [3.63, 3.8) is 0 Å². The molecule has 0 aliphatic rings. The predicted octanol–water partition coefficient (Wildman–Crippen LogP) is 0.892. The van der Waals surface area contributed by atoms with Crippen LogP contribution >= 0.6 is 11.3 Å². The fraction of sp³-hybridized carbons (Fsp3) is 0.0833. The van der Waals surface area contributed by atoms with Crippen LogP contribution in [0.4, 0.5) is 0 Å². The van der Waals surface area contributed by atoms with Crippen LogP contribution in [0.5, 0.6) is 0 Å². The first-order valence-corrected chi connectivity index (χ1v) is 8.32. The highest BCUT2D eigenvalue weighted by molar-refractivity contribution is 7.91. The van der Waals surface area contributed by atoms with E-state index in [2.05, 4.69) is 14.8 Å². The summed E-state index contributed by atoms with van der Waals surface area (Å²) in [5, 5.41) is 8.90. The van der Waals surface area contributed by atoms with Crippen molar-refractivity contribution >= 4 is 32.3 Å². The molecule has 2 N–H and O–H groups in total. The van der Waals surface area contributed by atoms with Gasteiger partial charge in [-0.15, -0.1) is 5.10 Å². The molecule has 0 spiro atoms. The van der Waals surface area contributed by atoms with Gasteiger partial charge in [-0.25, -0.2) is 27.9 Å². The first kappa shape index (κ1) is 14.6. The van der Waals surface area contributed by atoms with Crippen LogP contribution in [0.15, 0.2) is 34.8 Å². The van der Waals surface area contributed by atoms with E-state index < -0.39 is 16.0 Å². The maximum atomic E-state index is 11.4. The lowest BCUT2D eigenvalue weighted by Crippen LogP contribution is -2.12. The zero-order valence-corrected chi connectivity index (χ0v) is 12.9. The summed E-state index contributed by atoms with van der Waals surface area (Å²) in [6.45, 7) is 0. The molecule has 1 aromatic carbocycles. The Hall–Kier alpha value is -2.30. The van der Waals surface area contributed by atoms with E-state index in [0.717, 1.165) is 16.9 Å². The Morgan fingerprint density at radius 2 is 2.00 bits per heavy atom. The third-order valence-electron chi connectivity index (χ3n) is 2.87. The molecule has 0 amide bonds. The number of benzene rings is 1. The molecule has 0 unspecified atom stereocenters. The summed E-state index contributed by atoms with van der Waals surface area (Å²) in [7, 11) is -2.52. The normalized spacial score (nSPS) is 11.7. The minimum atomic E-state index is -3.83. The molecule has 0 fully saturated rings. The third kappa shape index (κ3) is 2.58. The van der Waals surface area contributed by atoms with E-state index in [1.165, 1.54) is 11.6 Å². The molecule has 22 heavy (non-hydrogen) atoms. The average Bonchev–Trinajstić information content (AvgIpc) is 3.04. The second kappa shape index (κ2) is 5.16. The molecule has 2 aromatic heterocycles. The Kier molecular flexibility index (Phi) is 3.43. The van der Waals surface area contributed by atoms with Crippen molar-refractivity contribution in [3.8, 4) is 11.3 Å². The van der Waals surface area contributed by atoms with Crippen molar-refractivity contribution in [1.82, 2.24) is 14.6 Å². The van der Waals surface area contributed by atoms with Gasteiger partial charge in [-0.1, -0.05) is 23.5 Å². The van der Waals surface area contributed by atoms with E-state index in [4.69, 9.17) is 5.14 Å². The minimum absolute atomic E-state index is 0.192. The number of nitrogens with zero attached hydrogens (tertiary/aromatic N) is 3. The third-order valence-corrected chi connectivity index (χ3v) is 5.10. The number of hydrogen-bond donors (Lipinski definition) is 1. The molecule has 0 radical (unpaired) electrons. The van der Waals surface area contributed by atoms with Gasteiger partial charge in [0.15, 0.2) is 0 Å². The molecule has 114 valence electrons. The van der Waals surface area contributed by atoms with Gasteiger partial charge in [-0.2, -0.15) is 0 Å². The number of carbonyl (C=O) groups excluding carboxylic acids is 1. The van der Waals surface area contributed by atoms with Crippen LogP contribution in [0.3, 0.4) is 0 Å². The first-order valence-electron chi connectivity index (χ1n) is 5.96. The average molecular weight is 338 g/mol. The highest BCUT2D eigenvalue weighted by Crippen LogP contribution is 2.24. The lowest BCUT2D eigenvalue weighted by Gasteiger charge is -2.00. The van der Waals surface area contributed by atoms with Crippen LogP contribution < -0.4 is 5.14 Å². The van der Waals surface area contributed by atoms with E-state index in [-0.39, 0.29) is 4.34 Å². The largest absolute Gasteiger partial charge is 0.465 e. The van der Waals surface area contributed by atoms with Crippen molar-refractivity contribution in [2.75, 3.05) is 7.11 Å². The predicted molar refractivity (Wildman–Crippen MR) is 79.0 cm³/mol. The van der Waals surface area contributed by atoms with Gasteiger partial charge in [0, 0.05) is 5.56 Å². The second-order valence-corrected chi connectivity index (χ2v) is 7.03. The number of esters is 1. The molecule has 0 atom stereocenters. The topological polar surface area (TPSA) is 117 Å². The summed E-state index contributed by atoms with van der Waals surface area (Å²) in [6.07, 6.45) is 1.59. The Morgan fingerprint density at radius 3 is 2.55 bits per heavy atom. The number of carbonyl (C=O) groups is 1. The zero-order valence-electron chi connectivity index (χ0n) is 11.3. The quantitative estimate of drug-likeness (QED) is 0.709. The van der Waals surface area contributed by atoms with Gasteiger partial charge in [0.2, 0.25) is 9.30 Å². The molecule has 3 rings (SSSR count). The van der Waals surface area contributed by atoms with Crippen LogP contribution in [-0.2, 0) is 14.8 Å². The highest BCUT2D eigenvalue weighted by atomic mass is 32.2. The summed E-state index contributed by atoms with van der Waals surface area (Å²) in [4.78, 5) is 16.1. The van der Waals surface area contributed by atoms with E-state index in [0.29, 0.717) is 16.2 Å². The van der Waals surface area contributed by atoms with Crippen molar-refractivity contribution < 1.29 is 17.9 Å². The van der Waals surface area contributed by atoms with Crippen molar-refractivity contribution in [2.24, 2.45) is 5.14 Å². The van der Waals surface area contributed by atoms with Gasteiger partial charge in [0.25, 0.3) is 10.0 Å². The highest BCUT2D eigenvalue weighted by Gasteiger charge is 2.17. The number of fused-ring (bicyclic) bond motifs is 1. The smallest absolute Gasteiger partial charge is 0.337 e. The number of rotatable bonds is 3. The minimum Gasteiger partial charge on any atom is -0.465 e. The van der Waals surface area contributed by atoms with E-state index in [1.807, 2.05) is 0 Å². The van der Waals surface area contributed by atoms with Crippen molar-refractivity contribution in [3.05, 3.63) is 36.0 Å². The number of methoxy groups -OCH3 is 1. The standard InChI is InChI=1S/C12H10N4O4S2/c1-20-10(17)8-4-2-7(3-5-8)9-6-16-11(14-9)21-12(15-16)22(13,18)19/h2-6H,1H3,(H2,13,18,19). The number of aromatic nitrogens is 3. The number of primary sulfonamides is 1. The Balaban J connectivity index is 1.97. The fourth-order valence-corrected chi connectivity index (χ4v) is 3.34. The number of imidazole rings is 1. The second-order valence-electron chi connectivity index (χ2n) is 4.34. The van der Waals surface area contributed by atoms with Gasteiger partial charge in [0.1, 0.15) is 0 Å². The van der Waals surface area contributed by atoms with Gasteiger partial charge in [0.05, 0.1) is 24.6 Å². The maximum Gasteiger partial charge on any atom is 0.337 e. The number of sulfonamides is 1. The maximum absolute atomic E-state index is 11.4. The lowest BCUT2D eigenvalue weighted by atomic mass is 10.1. The molecule has 3 aromatic rings. The van der Waals surface area contributed by atoms with Crippen LogP contribution in [0.2, 0.25) is 0 Å². The fourth-order valence-electron chi connectivity index (χ4n) is 1.83. The molecule has 0 bridgehead atoms. The van der Waals surface area contributed by atoms with E-state index in [1.54, 1.807) is 30.5 Å². The van der Waals surface area contributed by atoms with Crippen molar-refractivity contribution in [2.45, 2.75) is 4.34 Å². The number of hydrogen-bond acceptors (Lipinski definition) is 7. The van der Waals surface area contributed by atoms with Crippen LogP contribution in [0, 0.1) is 0 Å².